The Labute approximate surface area is 134 Å². The summed E-state index contributed by atoms with van der Waals surface area (Å²) in [5, 5.41) is 2.71. The van der Waals surface area contributed by atoms with E-state index in [1.165, 1.54) is 26.4 Å². The van der Waals surface area contributed by atoms with E-state index >= 15 is 0 Å². The van der Waals surface area contributed by atoms with Gasteiger partial charge in [-0.25, -0.2) is 0 Å². The lowest BCUT2D eigenvalue weighted by Gasteiger charge is -2.15. The van der Waals surface area contributed by atoms with Crippen molar-refractivity contribution in [2.24, 2.45) is 0 Å². The summed E-state index contributed by atoms with van der Waals surface area (Å²) in [6, 6.07) is 12.1. The van der Waals surface area contributed by atoms with Crippen molar-refractivity contribution in [2.45, 2.75) is 0 Å². The van der Waals surface area contributed by atoms with Crippen molar-refractivity contribution in [1.29, 1.82) is 0 Å². The molecule has 2 aromatic rings. The van der Waals surface area contributed by atoms with E-state index in [9.17, 15) is 9.59 Å². The van der Waals surface area contributed by atoms with Crippen LogP contribution < -0.4 is 19.5 Å². The third kappa shape index (κ3) is 4.23. The van der Waals surface area contributed by atoms with Gasteiger partial charge in [0, 0.05) is 11.3 Å². The minimum atomic E-state index is -0.320. The molecule has 2 aromatic carbocycles. The molecule has 0 aliphatic carbocycles. The number of amides is 1. The van der Waals surface area contributed by atoms with Crippen LogP contribution in [0.2, 0.25) is 0 Å². The van der Waals surface area contributed by atoms with Crippen LogP contribution in [-0.2, 0) is 4.79 Å². The number of hydrogen-bond donors (Lipinski definition) is 1. The van der Waals surface area contributed by atoms with Crippen LogP contribution in [0.25, 0.3) is 0 Å². The summed E-state index contributed by atoms with van der Waals surface area (Å²) in [6.45, 7) is -0.220. The van der Waals surface area contributed by atoms with Crippen LogP contribution in [0.3, 0.4) is 0 Å². The Morgan fingerprint density at radius 2 is 1.70 bits per heavy atom. The summed E-state index contributed by atoms with van der Waals surface area (Å²) in [5.74, 6) is 0.585. The highest BCUT2D eigenvalue weighted by Crippen LogP contribution is 2.38. The van der Waals surface area contributed by atoms with Crippen molar-refractivity contribution in [3.8, 4) is 17.2 Å². The largest absolute Gasteiger partial charge is 0.493 e. The van der Waals surface area contributed by atoms with Gasteiger partial charge in [-0.15, -0.1) is 0 Å². The summed E-state index contributed by atoms with van der Waals surface area (Å²) in [6.07, 6.45) is 0.678. The fourth-order valence-corrected chi connectivity index (χ4v) is 1.97. The lowest BCUT2D eigenvalue weighted by atomic mass is 10.2. The third-order valence-corrected chi connectivity index (χ3v) is 3.02. The molecule has 0 bridgehead atoms. The van der Waals surface area contributed by atoms with Crippen molar-refractivity contribution < 1.29 is 23.8 Å². The summed E-state index contributed by atoms with van der Waals surface area (Å²) in [7, 11) is 2.89. The van der Waals surface area contributed by atoms with Gasteiger partial charge in [-0.3, -0.25) is 9.59 Å². The summed E-state index contributed by atoms with van der Waals surface area (Å²) in [4.78, 5) is 22.8. The van der Waals surface area contributed by atoms with E-state index < -0.39 is 0 Å². The minimum Gasteiger partial charge on any atom is -0.493 e. The molecule has 1 N–H and O–H groups in total. The average molecular weight is 315 g/mol. The van der Waals surface area contributed by atoms with Gasteiger partial charge in [0.15, 0.2) is 18.1 Å². The van der Waals surface area contributed by atoms with Crippen LogP contribution in [0.4, 0.5) is 5.69 Å². The summed E-state index contributed by atoms with van der Waals surface area (Å²) >= 11 is 0. The van der Waals surface area contributed by atoms with Crippen molar-refractivity contribution in [3.05, 3.63) is 48.0 Å². The Hall–Kier alpha value is -3.02. The van der Waals surface area contributed by atoms with Crippen molar-refractivity contribution in [1.82, 2.24) is 0 Å². The molecule has 2 rings (SSSR count). The molecule has 0 heterocycles. The Morgan fingerprint density at radius 1 is 1.09 bits per heavy atom. The van der Waals surface area contributed by atoms with E-state index in [0.717, 1.165) is 0 Å². The average Bonchev–Trinajstić information content (AvgIpc) is 2.59. The molecule has 0 saturated heterocycles. The lowest BCUT2D eigenvalue weighted by Crippen LogP contribution is -2.20. The van der Waals surface area contributed by atoms with Gasteiger partial charge in [0.05, 0.1) is 14.2 Å². The molecule has 120 valence electrons. The Balaban J connectivity index is 2.10. The molecule has 6 nitrogen and oxygen atoms in total. The van der Waals surface area contributed by atoms with Gasteiger partial charge in [0.1, 0.15) is 6.29 Å². The van der Waals surface area contributed by atoms with Gasteiger partial charge in [-0.1, -0.05) is 18.2 Å². The third-order valence-electron chi connectivity index (χ3n) is 3.02. The molecule has 0 spiro atoms. The molecule has 0 aliphatic rings. The van der Waals surface area contributed by atoms with E-state index in [1.54, 1.807) is 12.1 Å². The first kappa shape index (κ1) is 16.4. The number of hydrogen-bond acceptors (Lipinski definition) is 5. The predicted molar refractivity (Wildman–Crippen MR) is 85.5 cm³/mol. The maximum atomic E-state index is 11.9. The number of benzene rings is 2. The number of carbonyl (C=O) groups excluding carboxylic acids is 2. The topological polar surface area (TPSA) is 73.9 Å². The molecule has 1 amide bonds. The quantitative estimate of drug-likeness (QED) is 0.795. The zero-order chi connectivity index (χ0) is 16.7. The summed E-state index contributed by atoms with van der Waals surface area (Å²) in [5.41, 5.74) is 1.07. The van der Waals surface area contributed by atoms with E-state index in [4.69, 9.17) is 14.2 Å². The molecule has 0 atom stereocenters. The maximum Gasteiger partial charge on any atom is 0.262 e. The zero-order valence-electron chi connectivity index (χ0n) is 12.9. The molecular formula is C17H17NO5. The summed E-state index contributed by atoms with van der Waals surface area (Å²) < 4.78 is 15.9. The number of carbonyl (C=O) groups is 2. The molecule has 0 aromatic heterocycles. The number of rotatable bonds is 7. The predicted octanol–water partition coefficient (Wildman–Crippen LogP) is 2.53. The first-order valence-electron chi connectivity index (χ1n) is 6.86. The first-order valence-corrected chi connectivity index (χ1v) is 6.86. The molecule has 0 radical (unpaired) electrons. The van der Waals surface area contributed by atoms with Gasteiger partial charge in [0.2, 0.25) is 5.75 Å². The molecule has 0 saturated carbocycles. The highest BCUT2D eigenvalue weighted by Gasteiger charge is 2.15. The van der Waals surface area contributed by atoms with Crippen molar-refractivity contribution >= 4 is 17.9 Å². The maximum absolute atomic E-state index is 11.9. The highest BCUT2D eigenvalue weighted by molar-refractivity contribution is 5.92. The van der Waals surface area contributed by atoms with Gasteiger partial charge < -0.3 is 19.5 Å². The second kappa shape index (κ2) is 7.84. The normalized spacial score (nSPS) is 9.83. The number of nitrogens with one attached hydrogen (secondary N) is 1. The Morgan fingerprint density at radius 3 is 2.22 bits per heavy atom. The molecule has 0 unspecified atom stereocenters. The first-order chi connectivity index (χ1) is 11.2. The van der Waals surface area contributed by atoms with E-state index in [0.29, 0.717) is 29.0 Å². The monoisotopic (exact) mass is 315 g/mol. The Bertz CT molecular complexity index is 660. The van der Waals surface area contributed by atoms with Gasteiger partial charge in [-0.05, 0) is 24.3 Å². The SMILES string of the molecule is COc1cc(C=O)cc(OC)c1OCC(=O)Nc1ccccc1. The fraction of sp³-hybridized carbons (Fsp3) is 0.176. The Kier molecular flexibility index (Phi) is 5.57. The van der Waals surface area contributed by atoms with Crippen LogP contribution in [0.15, 0.2) is 42.5 Å². The van der Waals surface area contributed by atoms with Crippen LogP contribution in [-0.4, -0.2) is 33.0 Å². The van der Waals surface area contributed by atoms with Crippen molar-refractivity contribution in [2.75, 3.05) is 26.1 Å². The second-order valence-electron chi connectivity index (χ2n) is 4.58. The minimum absolute atomic E-state index is 0.220. The van der Waals surface area contributed by atoms with Crippen LogP contribution in [0.1, 0.15) is 10.4 Å². The van der Waals surface area contributed by atoms with E-state index in [2.05, 4.69) is 5.32 Å². The lowest BCUT2D eigenvalue weighted by molar-refractivity contribution is -0.118. The van der Waals surface area contributed by atoms with Crippen LogP contribution in [0.5, 0.6) is 17.2 Å². The molecule has 6 heteroatoms. The molecule has 0 aliphatic heterocycles. The fourth-order valence-electron chi connectivity index (χ4n) is 1.97. The second-order valence-corrected chi connectivity index (χ2v) is 4.58. The van der Waals surface area contributed by atoms with Gasteiger partial charge in [-0.2, -0.15) is 0 Å². The number of anilines is 1. The van der Waals surface area contributed by atoms with Gasteiger partial charge >= 0.3 is 0 Å². The van der Waals surface area contributed by atoms with E-state index in [-0.39, 0.29) is 18.3 Å². The standard InChI is InChI=1S/C17H17NO5/c1-21-14-8-12(10-19)9-15(22-2)17(14)23-11-16(20)18-13-6-4-3-5-7-13/h3-10H,11H2,1-2H3,(H,18,20). The highest BCUT2D eigenvalue weighted by atomic mass is 16.5. The number of para-hydroxylation sites is 1. The van der Waals surface area contributed by atoms with Crippen LogP contribution >= 0.6 is 0 Å². The molecule has 0 fully saturated rings. The van der Waals surface area contributed by atoms with Crippen LogP contribution in [0, 0.1) is 0 Å². The molecule has 23 heavy (non-hydrogen) atoms. The zero-order valence-corrected chi connectivity index (χ0v) is 12.9. The van der Waals surface area contributed by atoms with Gasteiger partial charge in [0.25, 0.3) is 5.91 Å². The number of methoxy groups -OCH3 is 2. The van der Waals surface area contributed by atoms with E-state index in [1.807, 2.05) is 18.2 Å². The number of ether oxygens (including phenoxy) is 3. The smallest absolute Gasteiger partial charge is 0.262 e. The van der Waals surface area contributed by atoms with Crippen molar-refractivity contribution in [3.63, 3.8) is 0 Å². The molecular weight excluding hydrogens is 298 g/mol. The number of aldehydes is 1.